The van der Waals surface area contributed by atoms with Crippen molar-refractivity contribution < 1.29 is 67.7 Å². The zero-order chi connectivity index (χ0) is 50.8. The highest BCUT2D eigenvalue weighted by Crippen LogP contribution is 2.67. The van der Waals surface area contributed by atoms with E-state index >= 15 is 0 Å². The second kappa shape index (κ2) is 19.4. The van der Waals surface area contributed by atoms with Crippen LogP contribution in [0.1, 0.15) is 116 Å². The monoisotopic (exact) mass is 988 g/mol. The number of ether oxygens (including phenoxy) is 7. The number of likely N-dealkylation sites (tertiary alicyclic amines) is 2. The molecule has 2 bridgehead atoms. The van der Waals surface area contributed by atoms with E-state index in [1.807, 2.05) is 20.8 Å². The van der Waals surface area contributed by atoms with Gasteiger partial charge in [0.1, 0.15) is 35.6 Å². The van der Waals surface area contributed by atoms with Gasteiger partial charge in [-0.3, -0.25) is 9.69 Å². The molecular formula is C54H73N3O14. The summed E-state index contributed by atoms with van der Waals surface area (Å²) in [4.78, 5) is 60.8. The fourth-order valence-electron chi connectivity index (χ4n) is 13.3. The summed E-state index contributed by atoms with van der Waals surface area (Å²) in [7, 11) is 0. The van der Waals surface area contributed by atoms with Crippen LogP contribution >= 0.6 is 0 Å². The average molecular weight is 988 g/mol. The van der Waals surface area contributed by atoms with E-state index in [4.69, 9.17) is 33.2 Å². The van der Waals surface area contributed by atoms with Gasteiger partial charge in [-0.05, 0) is 102 Å². The Morgan fingerprint density at radius 2 is 1.59 bits per heavy atom. The highest BCUT2D eigenvalue weighted by molar-refractivity contribution is 5.89. The summed E-state index contributed by atoms with van der Waals surface area (Å²) in [6.07, 6.45) is -6.57. The lowest BCUT2D eigenvalue weighted by molar-refractivity contribution is -0.362. The largest absolute Gasteiger partial charge is 0.456 e. The smallest absolute Gasteiger partial charge is 0.408 e. The van der Waals surface area contributed by atoms with Gasteiger partial charge in [-0.2, -0.15) is 0 Å². The summed E-state index contributed by atoms with van der Waals surface area (Å²) in [5.41, 5.74) is -5.86. The molecule has 71 heavy (non-hydrogen) atoms. The molecule has 3 aliphatic carbocycles. The maximum absolute atomic E-state index is 14.7. The Bertz CT molecular complexity index is 2340. The number of fused-ring (bicyclic) bond motifs is 8. The molecule has 1 amide bonds. The van der Waals surface area contributed by atoms with E-state index in [1.165, 1.54) is 19.8 Å². The van der Waals surface area contributed by atoms with E-state index in [2.05, 4.69) is 15.1 Å². The van der Waals surface area contributed by atoms with Gasteiger partial charge in [-0.15, -0.1) is 0 Å². The van der Waals surface area contributed by atoms with Crippen LogP contribution in [-0.2, 0) is 42.7 Å². The van der Waals surface area contributed by atoms with Crippen molar-refractivity contribution in [1.29, 1.82) is 0 Å². The molecule has 0 radical (unpaired) electrons. The lowest BCUT2D eigenvalue weighted by atomic mass is 9.44. The number of nitrogens with zero attached hydrogens (tertiary/aromatic N) is 2. The first-order chi connectivity index (χ1) is 33.6. The van der Waals surface area contributed by atoms with Gasteiger partial charge < -0.3 is 58.7 Å². The van der Waals surface area contributed by atoms with Crippen molar-refractivity contribution in [3.05, 3.63) is 82.9 Å². The van der Waals surface area contributed by atoms with E-state index in [9.17, 15) is 34.5 Å². The first kappa shape index (κ1) is 51.4. The van der Waals surface area contributed by atoms with E-state index in [0.29, 0.717) is 23.3 Å². The van der Waals surface area contributed by atoms with Gasteiger partial charge in [-0.1, -0.05) is 69.3 Å². The number of carbonyl (C=O) groups excluding carboxylic acids is 4. The summed E-state index contributed by atoms with van der Waals surface area (Å²) in [6, 6.07) is 15.7. The fourth-order valence-corrected chi connectivity index (χ4v) is 13.3. The van der Waals surface area contributed by atoms with Crippen molar-refractivity contribution in [2.75, 3.05) is 39.3 Å². The average Bonchev–Trinajstić information content (AvgIpc) is 4.10. The molecule has 6 fully saturated rings. The molecule has 2 unspecified atom stereocenters. The van der Waals surface area contributed by atoms with Gasteiger partial charge in [0.15, 0.2) is 18.0 Å². The second-order valence-electron chi connectivity index (χ2n) is 22.7. The van der Waals surface area contributed by atoms with Gasteiger partial charge in [0.25, 0.3) is 0 Å². The van der Waals surface area contributed by atoms with Crippen LogP contribution in [0.2, 0.25) is 0 Å². The standard InChI is InChI=1S/C54H73N3O14/c1-31-36(66-48(62)42(60)41(33-18-11-9-12-19-33)55-49(63)71-50(3,4)5)27-54(64)46(69-47(61)34-20-13-10-14-21-34)44-52(8,37(59)26-38-53(44,30-65-38)70-32(2)58)45-43(40(31)51(54,6)7)67-39(68-45)29-57-25-17-22-35(57)28-56-23-15-16-24-56/h9-14,18-21,35-39,41-46,59-60,64H,15-17,22-30H2,1-8H3,(H,55,63)/t35-,36+,37+,38?,39?,41+,42-,43-,44+,45-,46+,52-,53+,54-/m1/s1. The van der Waals surface area contributed by atoms with Crippen molar-refractivity contribution in [3.63, 3.8) is 0 Å². The van der Waals surface area contributed by atoms with E-state index in [-0.39, 0.29) is 31.1 Å². The highest BCUT2D eigenvalue weighted by Gasteiger charge is 2.79. The number of amides is 1. The van der Waals surface area contributed by atoms with Crippen LogP contribution in [0, 0.1) is 16.7 Å². The Labute approximate surface area is 416 Å². The predicted molar refractivity (Wildman–Crippen MR) is 256 cm³/mol. The van der Waals surface area contributed by atoms with Gasteiger partial charge in [0.05, 0.1) is 36.3 Å². The first-order valence-electron chi connectivity index (χ1n) is 25.5. The maximum Gasteiger partial charge on any atom is 0.408 e. The number of benzene rings is 2. The van der Waals surface area contributed by atoms with Crippen LogP contribution in [0.4, 0.5) is 4.79 Å². The fraction of sp³-hybridized carbons (Fsp3) is 0.667. The molecule has 0 spiro atoms. The molecule has 4 aliphatic heterocycles. The summed E-state index contributed by atoms with van der Waals surface area (Å²) >= 11 is 0. The molecule has 4 N–H and O–H groups in total. The summed E-state index contributed by atoms with van der Waals surface area (Å²) in [6.45, 7) is 17.8. The zero-order valence-electron chi connectivity index (χ0n) is 42.3. The lowest BCUT2D eigenvalue weighted by Crippen LogP contribution is -2.82. The number of hydrogen-bond donors (Lipinski definition) is 4. The van der Waals surface area contributed by atoms with Gasteiger partial charge in [0.2, 0.25) is 0 Å². The number of nitrogens with one attached hydrogen (secondary N) is 1. The molecular weight excluding hydrogens is 915 g/mol. The molecule has 388 valence electrons. The molecule has 9 rings (SSSR count). The SMILES string of the molecule is CC(=O)O[C@@]12COC1C[C@H](O)[C@@]1(C)[C@@H]3OC(CN4CCC[C@@H]4CN4CCCC4)O[C@@H]3C3=C(C)[C@@H](OC(=O)[C@H](O)[C@@H](NC(=O)OC(C)(C)C)c4ccccc4)C[C@@](O)([C@@H](OC(=O)c4ccccc4)[C@@H]12)C3(C)C. The minimum atomic E-state index is -2.19. The minimum absolute atomic E-state index is 0.0405. The lowest BCUT2D eigenvalue weighted by Gasteiger charge is -2.68. The molecule has 17 heteroatoms. The number of aliphatic hydroxyl groups is 3. The van der Waals surface area contributed by atoms with Crippen LogP contribution in [0.15, 0.2) is 71.8 Å². The number of aliphatic hydroxyl groups excluding tert-OH is 2. The Kier molecular flexibility index (Phi) is 14.1. The number of hydrogen-bond acceptors (Lipinski definition) is 16. The van der Waals surface area contributed by atoms with Crippen LogP contribution in [0.5, 0.6) is 0 Å². The number of rotatable bonds is 12. The van der Waals surface area contributed by atoms with Crippen LogP contribution in [-0.4, -0.2) is 160 Å². The van der Waals surface area contributed by atoms with Gasteiger partial charge in [0, 0.05) is 49.7 Å². The quantitative estimate of drug-likeness (QED) is 0.125. The predicted octanol–water partition coefficient (Wildman–Crippen LogP) is 5.00. The van der Waals surface area contributed by atoms with Crippen LogP contribution in [0.25, 0.3) is 0 Å². The summed E-state index contributed by atoms with van der Waals surface area (Å²) < 4.78 is 45.6. The molecule has 7 aliphatic rings. The third-order valence-electron chi connectivity index (χ3n) is 16.9. The molecule has 0 aromatic heterocycles. The Morgan fingerprint density at radius 3 is 2.23 bits per heavy atom. The number of esters is 3. The van der Waals surface area contributed by atoms with E-state index in [0.717, 1.165) is 39.0 Å². The normalized spacial score (nSPS) is 36.4. The second-order valence-corrected chi connectivity index (χ2v) is 22.7. The molecule has 4 saturated heterocycles. The van der Waals surface area contributed by atoms with Crippen molar-refractivity contribution in [2.45, 2.75) is 172 Å². The topological polar surface area (TPSA) is 212 Å². The maximum atomic E-state index is 14.7. The molecule has 14 atom stereocenters. The van der Waals surface area contributed by atoms with E-state index in [1.54, 1.807) is 88.4 Å². The van der Waals surface area contributed by atoms with Crippen LogP contribution < -0.4 is 5.32 Å². The van der Waals surface area contributed by atoms with E-state index < -0.39 is 113 Å². The molecule has 4 heterocycles. The van der Waals surface area contributed by atoms with Crippen molar-refractivity contribution >= 4 is 24.0 Å². The minimum Gasteiger partial charge on any atom is -0.456 e. The molecule has 2 aromatic carbocycles. The molecule has 2 saturated carbocycles. The Hall–Kier alpha value is -4.46. The third kappa shape index (κ3) is 9.32. The molecule has 2 aromatic rings. The summed E-state index contributed by atoms with van der Waals surface area (Å²) in [5, 5.41) is 41.5. The number of alkyl carbamates (subject to hydrolysis) is 1. The van der Waals surface area contributed by atoms with Gasteiger partial charge >= 0.3 is 24.0 Å². The van der Waals surface area contributed by atoms with Crippen molar-refractivity contribution in [1.82, 2.24) is 15.1 Å². The highest BCUT2D eigenvalue weighted by atomic mass is 16.7. The number of carbonyl (C=O) groups is 4. The van der Waals surface area contributed by atoms with Crippen LogP contribution in [0.3, 0.4) is 0 Å². The third-order valence-corrected chi connectivity index (χ3v) is 16.9. The van der Waals surface area contributed by atoms with Crippen molar-refractivity contribution in [3.8, 4) is 0 Å². The summed E-state index contributed by atoms with van der Waals surface area (Å²) in [5.74, 6) is -3.74. The Morgan fingerprint density at radius 1 is 0.915 bits per heavy atom. The van der Waals surface area contributed by atoms with Gasteiger partial charge in [-0.25, -0.2) is 14.4 Å². The van der Waals surface area contributed by atoms with Crippen molar-refractivity contribution in [2.24, 2.45) is 16.7 Å². The first-order valence-corrected chi connectivity index (χ1v) is 25.5. The molecule has 17 nitrogen and oxygen atoms in total. The zero-order valence-corrected chi connectivity index (χ0v) is 42.3. The Balaban J connectivity index is 1.17.